The number of aromatic hydroxyl groups is 1. The summed E-state index contributed by atoms with van der Waals surface area (Å²) < 4.78 is 0. The standard InChI is InChI=1S/C13H14N2O2/c14-7-8-15-13(17)10-5-1-3-9-4-2-6-11(16)12(9)10/h1-6,16H,7-8,14H2,(H,15,17). The van der Waals surface area contributed by atoms with Gasteiger partial charge in [0, 0.05) is 18.5 Å². The van der Waals surface area contributed by atoms with Crippen LogP contribution in [0.5, 0.6) is 5.75 Å². The summed E-state index contributed by atoms with van der Waals surface area (Å²) in [5, 5.41) is 13.9. The molecule has 1 amide bonds. The zero-order chi connectivity index (χ0) is 12.3. The van der Waals surface area contributed by atoms with Gasteiger partial charge in [0.25, 0.3) is 5.91 Å². The van der Waals surface area contributed by atoms with E-state index in [1.807, 2.05) is 12.1 Å². The van der Waals surface area contributed by atoms with E-state index < -0.39 is 0 Å². The number of hydrogen-bond donors (Lipinski definition) is 3. The summed E-state index contributed by atoms with van der Waals surface area (Å²) >= 11 is 0. The van der Waals surface area contributed by atoms with Gasteiger partial charge in [0.05, 0.1) is 5.56 Å². The van der Waals surface area contributed by atoms with Crippen LogP contribution in [0.15, 0.2) is 36.4 Å². The van der Waals surface area contributed by atoms with Crippen LogP contribution >= 0.6 is 0 Å². The minimum Gasteiger partial charge on any atom is -0.507 e. The van der Waals surface area contributed by atoms with Crippen molar-refractivity contribution in [2.75, 3.05) is 13.1 Å². The third-order valence-electron chi connectivity index (χ3n) is 2.56. The maximum Gasteiger partial charge on any atom is 0.252 e. The molecule has 0 aliphatic heterocycles. The number of fused-ring (bicyclic) bond motifs is 1. The molecule has 0 saturated heterocycles. The van der Waals surface area contributed by atoms with Crippen molar-refractivity contribution in [1.29, 1.82) is 0 Å². The van der Waals surface area contributed by atoms with Gasteiger partial charge in [0.2, 0.25) is 0 Å². The SMILES string of the molecule is NCCNC(=O)c1cccc2cccc(O)c12. The van der Waals surface area contributed by atoms with E-state index in [1.165, 1.54) is 0 Å². The Labute approximate surface area is 99.1 Å². The fourth-order valence-electron chi connectivity index (χ4n) is 1.79. The maximum atomic E-state index is 11.9. The Balaban J connectivity index is 2.50. The van der Waals surface area contributed by atoms with Gasteiger partial charge in [-0.3, -0.25) is 4.79 Å². The average molecular weight is 230 g/mol. The molecular formula is C13H14N2O2. The first-order valence-corrected chi connectivity index (χ1v) is 5.43. The number of phenolic OH excluding ortho intramolecular Hbond substituents is 1. The molecule has 4 nitrogen and oxygen atoms in total. The summed E-state index contributed by atoms with van der Waals surface area (Å²) in [6.07, 6.45) is 0. The Hall–Kier alpha value is -2.07. The smallest absolute Gasteiger partial charge is 0.252 e. The third kappa shape index (κ3) is 2.21. The largest absolute Gasteiger partial charge is 0.507 e. The number of hydrogen-bond acceptors (Lipinski definition) is 3. The summed E-state index contributed by atoms with van der Waals surface area (Å²) in [4.78, 5) is 11.9. The molecule has 0 atom stereocenters. The summed E-state index contributed by atoms with van der Waals surface area (Å²) in [5.41, 5.74) is 5.80. The van der Waals surface area contributed by atoms with Crippen molar-refractivity contribution in [3.05, 3.63) is 42.0 Å². The average Bonchev–Trinajstić information content (AvgIpc) is 2.35. The molecule has 2 rings (SSSR count). The monoisotopic (exact) mass is 230 g/mol. The molecule has 0 fully saturated rings. The van der Waals surface area contributed by atoms with Crippen LogP contribution in [0.2, 0.25) is 0 Å². The Kier molecular flexibility index (Phi) is 3.25. The molecule has 0 unspecified atom stereocenters. The van der Waals surface area contributed by atoms with Gasteiger partial charge in [0.15, 0.2) is 0 Å². The molecule has 0 heterocycles. The van der Waals surface area contributed by atoms with Crippen LogP contribution in [0.3, 0.4) is 0 Å². The predicted molar refractivity (Wildman–Crippen MR) is 67.0 cm³/mol. The van der Waals surface area contributed by atoms with Crippen molar-refractivity contribution < 1.29 is 9.90 Å². The molecule has 4 N–H and O–H groups in total. The lowest BCUT2D eigenvalue weighted by molar-refractivity contribution is 0.0956. The highest BCUT2D eigenvalue weighted by Crippen LogP contribution is 2.27. The van der Waals surface area contributed by atoms with Crippen molar-refractivity contribution >= 4 is 16.7 Å². The third-order valence-corrected chi connectivity index (χ3v) is 2.56. The highest BCUT2D eigenvalue weighted by atomic mass is 16.3. The molecule has 0 bridgehead atoms. The minimum absolute atomic E-state index is 0.112. The number of benzene rings is 2. The first-order chi connectivity index (χ1) is 8.24. The Morgan fingerprint density at radius 1 is 1.24 bits per heavy atom. The van der Waals surface area contributed by atoms with E-state index in [0.29, 0.717) is 24.0 Å². The van der Waals surface area contributed by atoms with E-state index in [2.05, 4.69) is 5.32 Å². The highest BCUT2D eigenvalue weighted by Gasteiger charge is 2.11. The zero-order valence-electron chi connectivity index (χ0n) is 9.31. The molecule has 2 aromatic rings. The van der Waals surface area contributed by atoms with Crippen LogP contribution in [0, 0.1) is 0 Å². The first kappa shape index (κ1) is 11.4. The molecule has 88 valence electrons. The summed E-state index contributed by atoms with van der Waals surface area (Å²) in [6.45, 7) is 0.811. The summed E-state index contributed by atoms with van der Waals surface area (Å²) in [7, 11) is 0. The van der Waals surface area contributed by atoms with Crippen molar-refractivity contribution in [3.8, 4) is 5.75 Å². The van der Waals surface area contributed by atoms with E-state index in [4.69, 9.17) is 5.73 Å². The van der Waals surface area contributed by atoms with Gasteiger partial charge in [0.1, 0.15) is 5.75 Å². The van der Waals surface area contributed by atoms with Crippen LogP contribution in [0.25, 0.3) is 10.8 Å². The van der Waals surface area contributed by atoms with Gasteiger partial charge in [-0.2, -0.15) is 0 Å². The number of nitrogens with one attached hydrogen (secondary N) is 1. The first-order valence-electron chi connectivity index (χ1n) is 5.43. The predicted octanol–water partition coefficient (Wildman–Crippen LogP) is 1.23. The van der Waals surface area contributed by atoms with E-state index in [9.17, 15) is 9.90 Å². The quantitative estimate of drug-likeness (QED) is 0.742. The Morgan fingerprint density at radius 3 is 2.65 bits per heavy atom. The topological polar surface area (TPSA) is 75.3 Å². The molecular weight excluding hydrogens is 216 g/mol. The molecule has 0 radical (unpaired) electrons. The van der Waals surface area contributed by atoms with Gasteiger partial charge < -0.3 is 16.2 Å². The molecule has 0 aliphatic rings. The van der Waals surface area contributed by atoms with Crippen molar-refractivity contribution in [2.24, 2.45) is 5.73 Å². The highest BCUT2D eigenvalue weighted by molar-refractivity contribution is 6.09. The van der Waals surface area contributed by atoms with Crippen LogP contribution in [-0.4, -0.2) is 24.1 Å². The minimum atomic E-state index is -0.220. The molecule has 17 heavy (non-hydrogen) atoms. The number of carbonyl (C=O) groups excluding carboxylic acids is 1. The van der Waals surface area contributed by atoms with E-state index in [0.717, 1.165) is 5.39 Å². The number of amides is 1. The van der Waals surface area contributed by atoms with Crippen LogP contribution in [0.4, 0.5) is 0 Å². The van der Waals surface area contributed by atoms with Gasteiger partial charge in [-0.15, -0.1) is 0 Å². The van der Waals surface area contributed by atoms with E-state index in [1.54, 1.807) is 24.3 Å². The molecule has 0 saturated carbocycles. The molecule has 0 aromatic heterocycles. The van der Waals surface area contributed by atoms with Crippen molar-refractivity contribution in [1.82, 2.24) is 5.32 Å². The second-order valence-electron chi connectivity index (χ2n) is 3.73. The second-order valence-corrected chi connectivity index (χ2v) is 3.73. The maximum absolute atomic E-state index is 11.9. The molecule has 0 aliphatic carbocycles. The second kappa shape index (κ2) is 4.84. The summed E-state index contributed by atoms with van der Waals surface area (Å²) in [6, 6.07) is 10.5. The normalized spacial score (nSPS) is 10.4. The Bertz CT molecular complexity index is 547. The van der Waals surface area contributed by atoms with Crippen LogP contribution < -0.4 is 11.1 Å². The Morgan fingerprint density at radius 2 is 1.94 bits per heavy atom. The van der Waals surface area contributed by atoms with Gasteiger partial charge in [-0.25, -0.2) is 0 Å². The number of rotatable bonds is 3. The van der Waals surface area contributed by atoms with Crippen LogP contribution in [-0.2, 0) is 0 Å². The van der Waals surface area contributed by atoms with Crippen molar-refractivity contribution in [2.45, 2.75) is 0 Å². The lowest BCUT2D eigenvalue weighted by Crippen LogP contribution is -2.29. The fourth-order valence-corrected chi connectivity index (χ4v) is 1.79. The lowest BCUT2D eigenvalue weighted by Gasteiger charge is -2.08. The number of carbonyl (C=O) groups is 1. The van der Waals surface area contributed by atoms with Gasteiger partial charge in [-0.1, -0.05) is 24.3 Å². The lowest BCUT2D eigenvalue weighted by atomic mass is 10.0. The van der Waals surface area contributed by atoms with E-state index in [-0.39, 0.29) is 11.7 Å². The number of phenols is 1. The van der Waals surface area contributed by atoms with Crippen molar-refractivity contribution in [3.63, 3.8) is 0 Å². The zero-order valence-corrected chi connectivity index (χ0v) is 9.31. The molecule has 2 aromatic carbocycles. The van der Waals surface area contributed by atoms with Gasteiger partial charge >= 0.3 is 0 Å². The molecule has 4 heteroatoms. The summed E-state index contributed by atoms with van der Waals surface area (Å²) in [5.74, 6) is -0.108. The van der Waals surface area contributed by atoms with Crippen LogP contribution in [0.1, 0.15) is 10.4 Å². The molecule has 0 spiro atoms. The van der Waals surface area contributed by atoms with E-state index >= 15 is 0 Å². The van der Waals surface area contributed by atoms with Gasteiger partial charge in [-0.05, 0) is 17.5 Å². The number of nitrogens with two attached hydrogens (primary N) is 1. The fraction of sp³-hybridized carbons (Fsp3) is 0.154.